The van der Waals surface area contributed by atoms with Crippen molar-refractivity contribution in [3.05, 3.63) is 0 Å². The van der Waals surface area contributed by atoms with E-state index < -0.39 is 77.0 Å². The van der Waals surface area contributed by atoms with Crippen molar-refractivity contribution < 1.29 is 54.5 Å². The van der Waals surface area contributed by atoms with Crippen molar-refractivity contribution in [2.75, 3.05) is 19.8 Å². The zero-order valence-corrected chi connectivity index (χ0v) is 13.4. The van der Waals surface area contributed by atoms with Crippen LogP contribution in [0.3, 0.4) is 0 Å². The third-order valence-corrected chi connectivity index (χ3v) is 3.81. The predicted molar refractivity (Wildman–Crippen MR) is 75.9 cm³/mol. The van der Waals surface area contributed by atoms with Gasteiger partial charge in [0, 0.05) is 6.42 Å². The number of nitrogens with one attached hydrogen (secondary N) is 1. The van der Waals surface area contributed by atoms with Crippen molar-refractivity contribution in [3.8, 4) is 0 Å². The van der Waals surface area contributed by atoms with E-state index in [1.54, 1.807) is 0 Å². The van der Waals surface area contributed by atoms with E-state index in [2.05, 4.69) is 9.84 Å². The highest BCUT2D eigenvalue weighted by molar-refractivity contribution is 7.39. The summed E-state index contributed by atoms with van der Waals surface area (Å²) in [6.07, 6.45) is -7.18. The maximum Gasteiger partial charge on any atom is 0.327 e. The Morgan fingerprint density at radius 3 is 2.50 bits per heavy atom. The minimum atomic E-state index is -2.82. The molecule has 0 spiro atoms. The second-order valence-corrected chi connectivity index (χ2v) is 6.08. The molecule has 0 radical (unpaired) electrons. The Morgan fingerprint density at radius 2 is 2.00 bits per heavy atom. The second kappa shape index (κ2) is 9.27. The molecule has 1 fully saturated rings. The van der Waals surface area contributed by atoms with E-state index >= 15 is 0 Å². The van der Waals surface area contributed by atoms with Gasteiger partial charge in [-0.25, -0.2) is 0 Å². The fraction of sp³-hybridized carbons (Fsp3) is 0.909. The third kappa shape index (κ3) is 5.79. The van der Waals surface area contributed by atoms with Gasteiger partial charge in [-0.05, 0) is 0 Å². The highest BCUT2D eigenvalue weighted by Gasteiger charge is 2.50. The van der Waals surface area contributed by atoms with Crippen LogP contribution < -0.4 is 5.32 Å². The Bertz CT molecular complexity index is 413. The van der Waals surface area contributed by atoms with Crippen molar-refractivity contribution in [2.24, 2.45) is 0 Å². The van der Waals surface area contributed by atoms with Crippen LogP contribution >= 0.6 is 8.60 Å². The molecule has 0 aromatic rings. The molecule has 9 N–H and O–H groups in total. The summed E-state index contributed by atoms with van der Waals surface area (Å²) < 4.78 is 9.63. The van der Waals surface area contributed by atoms with Crippen molar-refractivity contribution in [1.82, 2.24) is 5.32 Å². The average molecular weight is 375 g/mol. The van der Waals surface area contributed by atoms with E-state index in [-0.39, 0.29) is 0 Å². The second-order valence-electron chi connectivity index (χ2n) is 5.32. The molecule has 6 atom stereocenters. The van der Waals surface area contributed by atoms with Gasteiger partial charge in [-0.1, -0.05) is 0 Å². The summed E-state index contributed by atoms with van der Waals surface area (Å²) in [5, 5.41) is 59.8. The van der Waals surface area contributed by atoms with Gasteiger partial charge in [-0.2, -0.15) is 0 Å². The summed E-state index contributed by atoms with van der Waals surface area (Å²) in [4.78, 5) is 28.8. The number of carbonyl (C=O) groups excluding carboxylic acids is 1. The molecule has 1 rings (SSSR count). The highest BCUT2D eigenvalue weighted by Crippen LogP contribution is 2.34. The Balaban J connectivity index is 2.98. The SMILES string of the molecule is O=C(CO)N[C@H]1[C@H]([C@H](O)[C@H](O)CO)O[C@](O)(COP(O)O)C[C@@H]1O. The number of aliphatic hydroxyl groups is 6. The first kappa shape index (κ1) is 21.5. The summed E-state index contributed by atoms with van der Waals surface area (Å²) in [6.45, 7) is -2.56. The van der Waals surface area contributed by atoms with Gasteiger partial charge < -0.3 is 55.0 Å². The predicted octanol–water partition coefficient (Wildman–Crippen LogP) is -4.76. The molecule has 0 unspecified atom stereocenters. The van der Waals surface area contributed by atoms with E-state index in [1.165, 1.54) is 0 Å². The molecule has 24 heavy (non-hydrogen) atoms. The lowest BCUT2D eigenvalue weighted by Gasteiger charge is -2.46. The molecule has 0 saturated carbocycles. The van der Waals surface area contributed by atoms with Crippen molar-refractivity contribution in [2.45, 2.75) is 42.7 Å². The van der Waals surface area contributed by atoms with Gasteiger partial charge in [0.1, 0.15) is 31.5 Å². The minimum Gasteiger partial charge on any atom is -0.394 e. The number of hydrogen-bond donors (Lipinski definition) is 9. The molecule has 0 bridgehead atoms. The number of amides is 1. The van der Waals surface area contributed by atoms with Crippen LogP contribution in [0.1, 0.15) is 6.42 Å². The van der Waals surface area contributed by atoms with Crippen LogP contribution in [0.25, 0.3) is 0 Å². The van der Waals surface area contributed by atoms with E-state index in [0.29, 0.717) is 0 Å². The Morgan fingerprint density at radius 1 is 1.38 bits per heavy atom. The van der Waals surface area contributed by atoms with Crippen LogP contribution in [0.2, 0.25) is 0 Å². The first-order chi connectivity index (χ1) is 11.1. The summed E-state index contributed by atoms with van der Waals surface area (Å²) in [6, 6.07) is -1.33. The molecule has 1 amide bonds. The van der Waals surface area contributed by atoms with Crippen LogP contribution in [0, 0.1) is 0 Å². The number of ether oxygens (including phenoxy) is 1. The molecular formula is C11H22NO11P. The maximum atomic E-state index is 11.3. The van der Waals surface area contributed by atoms with Crippen LogP contribution in [-0.4, -0.2) is 102 Å². The lowest BCUT2D eigenvalue weighted by Crippen LogP contribution is -2.66. The standard InChI is InChI=1S/C11H22NO11P/c13-2-6(16)9(18)10-8(12-7(17)3-14)5(15)1-11(19,23-10)4-22-24(20)21/h5-6,8-10,13-16,18-21H,1-4H2,(H,12,17)/t5-,6+,8+,9+,10+,11-/m0/s1. The Hall–Kier alpha value is -0.500. The van der Waals surface area contributed by atoms with Gasteiger partial charge >= 0.3 is 8.60 Å². The smallest absolute Gasteiger partial charge is 0.327 e. The Labute approximate surface area is 137 Å². The first-order valence-electron chi connectivity index (χ1n) is 6.90. The van der Waals surface area contributed by atoms with Gasteiger partial charge in [-0.15, -0.1) is 0 Å². The van der Waals surface area contributed by atoms with Crippen molar-refractivity contribution >= 4 is 14.5 Å². The molecule has 0 aromatic carbocycles. The first-order valence-corrected chi connectivity index (χ1v) is 8.06. The van der Waals surface area contributed by atoms with Crippen LogP contribution in [-0.2, 0) is 14.1 Å². The van der Waals surface area contributed by atoms with Crippen LogP contribution in [0.15, 0.2) is 0 Å². The molecule has 1 aliphatic rings. The molecule has 13 heteroatoms. The molecule has 0 aromatic heterocycles. The zero-order valence-electron chi connectivity index (χ0n) is 12.5. The average Bonchev–Trinajstić information content (AvgIpc) is 2.53. The minimum absolute atomic E-state index is 0.537. The number of hydrogen-bond acceptors (Lipinski definition) is 11. The van der Waals surface area contributed by atoms with Crippen LogP contribution in [0.5, 0.6) is 0 Å². The summed E-state index contributed by atoms with van der Waals surface area (Å²) >= 11 is 0. The topological polar surface area (TPSA) is 209 Å². The largest absolute Gasteiger partial charge is 0.394 e. The van der Waals surface area contributed by atoms with Gasteiger partial charge in [0.05, 0.1) is 18.8 Å². The van der Waals surface area contributed by atoms with Crippen molar-refractivity contribution in [3.63, 3.8) is 0 Å². The van der Waals surface area contributed by atoms with E-state index in [9.17, 15) is 25.2 Å². The van der Waals surface area contributed by atoms with Gasteiger partial charge in [0.15, 0.2) is 5.79 Å². The molecule has 0 aliphatic carbocycles. The van der Waals surface area contributed by atoms with Gasteiger partial charge in [-0.3, -0.25) is 4.79 Å². The number of rotatable bonds is 8. The summed E-state index contributed by atoms with van der Waals surface area (Å²) in [7, 11) is -2.82. The lowest BCUT2D eigenvalue weighted by atomic mass is 9.89. The molecule has 1 aliphatic heterocycles. The molecule has 12 nitrogen and oxygen atoms in total. The number of carbonyl (C=O) groups is 1. The molecule has 1 saturated heterocycles. The van der Waals surface area contributed by atoms with E-state index in [0.717, 1.165) is 0 Å². The summed E-state index contributed by atoms with van der Waals surface area (Å²) in [5.41, 5.74) is 0. The maximum absolute atomic E-state index is 11.3. The number of aliphatic hydroxyl groups excluding tert-OH is 5. The van der Waals surface area contributed by atoms with Crippen molar-refractivity contribution in [1.29, 1.82) is 0 Å². The Kier molecular flexibility index (Phi) is 8.32. The molecule has 1 heterocycles. The zero-order chi connectivity index (χ0) is 18.5. The molecule has 142 valence electrons. The fourth-order valence-electron chi connectivity index (χ4n) is 2.32. The normalized spacial score (nSPS) is 33.3. The van der Waals surface area contributed by atoms with Gasteiger partial charge in [0.25, 0.3) is 0 Å². The third-order valence-electron chi connectivity index (χ3n) is 3.45. The highest BCUT2D eigenvalue weighted by atomic mass is 31.2. The van der Waals surface area contributed by atoms with E-state index in [4.69, 9.17) is 24.7 Å². The summed E-state index contributed by atoms with van der Waals surface area (Å²) in [5.74, 6) is -3.17. The fourth-order valence-corrected chi connectivity index (χ4v) is 2.64. The van der Waals surface area contributed by atoms with Gasteiger partial charge in [0.2, 0.25) is 5.91 Å². The monoisotopic (exact) mass is 375 g/mol. The molecular weight excluding hydrogens is 353 g/mol. The lowest BCUT2D eigenvalue weighted by molar-refractivity contribution is -0.309. The van der Waals surface area contributed by atoms with E-state index in [1.807, 2.05) is 0 Å². The van der Waals surface area contributed by atoms with Crippen LogP contribution in [0.4, 0.5) is 0 Å². The quantitative estimate of drug-likeness (QED) is 0.184.